The molecule has 1 N–H and O–H groups in total. The number of hydrogen-bond acceptors (Lipinski definition) is 3. The van der Waals surface area contributed by atoms with E-state index in [0.29, 0.717) is 6.10 Å². The van der Waals surface area contributed by atoms with Crippen LogP contribution in [0.3, 0.4) is 0 Å². The van der Waals surface area contributed by atoms with Crippen LogP contribution in [0.2, 0.25) is 0 Å². The van der Waals surface area contributed by atoms with Crippen molar-refractivity contribution in [2.45, 2.75) is 57.2 Å². The maximum Gasteiger partial charge on any atom is 0.0673 e. The summed E-state index contributed by atoms with van der Waals surface area (Å²) in [5.41, 5.74) is -0.405. The van der Waals surface area contributed by atoms with E-state index in [1.807, 2.05) is 0 Å². The number of aliphatic hydroxyl groups is 1. The second-order valence-electron chi connectivity index (χ2n) is 5.33. The zero-order valence-corrected chi connectivity index (χ0v) is 10.5. The molecule has 0 aromatic carbocycles. The number of rotatable bonds is 4. The van der Waals surface area contributed by atoms with Gasteiger partial charge in [-0.3, -0.25) is 0 Å². The molecule has 2 aliphatic heterocycles. The Hall–Kier alpha value is -0.120. The minimum absolute atomic E-state index is 0.405. The van der Waals surface area contributed by atoms with Crippen LogP contribution in [0.5, 0.6) is 0 Å². The molecule has 3 heteroatoms. The summed E-state index contributed by atoms with van der Waals surface area (Å²) in [6, 6.07) is 0. The van der Waals surface area contributed by atoms with Gasteiger partial charge in [0.05, 0.1) is 11.7 Å². The molecule has 0 saturated carbocycles. The molecule has 16 heavy (non-hydrogen) atoms. The first kappa shape index (κ1) is 12.3. The van der Waals surface area contributed by atoms with E-state index in [1.54, 1.807) is 0 Å². The summed E-state index contributed by atoms with van der Waals surface area (Å²) < 4.78 is 5.61. The number of likely N-dealkylation sites (tertiary alicyclic amines) is 1. The van der Waals surface area contributed by atoms with E-state index in [1.165, 1.54) is 12.8 Å². The van der Waals surface area contributed by atoms with Gasteiger partial charge in [0.2, 0.25) is 0 Å². The summed E-state index contributed by atoms with van der Waals surface area (Å²) in [6.07, 6.45) is 6.66. The van der Waals surface area contributed by atoms with E-state index in [0.717, 1.165) is 51.9 Å². The van der Waals surface area contributed by atoms with Gasteiger partial charge in [-0.2, -0.15) is 0 Å². The Bertz CT molecular complexity index is 206. The number of hydrogen-bond donors (Lipinski definition) is 1. The molecule has 2 heterocycles. The summed E-state index contributed by atoms with van der Waals surface area (Å²) >= 11 is 0. The zero-order chi connectivity index (χ0) is 11.4. The third kappa shape index (κ3) is 3.19. The first-order valence-corrected chi connectivity index (χ1v) is 6.78. The van der Waals surface area contributed by atoms with Gasteiger partial charge < -0.3 is 14.7 Å². The molecule has 2 aliphatic rings. The first-order chi connectivity index (χ1) is 7.72. The molecule has 0 amide bonds. The minimum atomic E-state index is -0.405. The topological polar surface area (TPSA) is 32.7 Å². The second kappa shape index (κ2) is 5.48. The van der Waals surface area contributed by atoms with Crippen molar-refractivity contribution in [2.24, 2.45) is 0 Å². The standard InChI is InChI=1S/C13H25NO2/c1-2-14-9-7-13(15,8-10-14)6-5-12-4-3-11-16-12/h12,15H,2-11H2,1H3. The van der Waals surface area contributed by atoms with Crippen LogP contribution in [0.4, 0.5) is 0 Å². The molecule has 0 radical (unpaired) electrons. The molecule has 2 rings (SSSR count). The fourth-order valence-corrected chi connectivity index (χ4v) is 2.84. The van der Waals surface area contributed by atoms with Crippen LogP contribution < -0.4 is 0 Å². The van der Waals surface area contributed by atoms with Crippen molar-refractivity contribution in [3.8, 4) is 0 Å². The van der Waals surface area contributed by atoms with Crippen LogP contribution in [-0.2, 0) is 4.74 Å². The Kier molecular flexibility index (Phi) is 4.22. The summed E-state index contributed by atoms with van der Waals surface area (Å²) in [7, 11) is 0. The molecule has 1 unspecified atom stereocenters. The summed E-state index contributed by atoms with van der Waals surface area (Å²) in [4.78, 5) is 2.42. The largest absolute Gasteiger partial charge is 0.390 e. The molecule has 3 nitrogen and oxygen atoms in total. The van der Waals surface area contributed by atoms with Gasteiger partial charge in [-0.1, -0.05) is 6.92 Å². The predicted octanol–water partition coefficient (Wildman–Crippen LogP) is 1.79. The van der Waals surface area contributed by atoms with Crippen LogP contribution in [0.1, 0.15) is 45.4 Å². The predicted molar refractivity (Wildman–Crippen MR) is 64.5 cm³/mol. The average Bonchev–Trinajstić information content (AvgIpc) is 2.81. The normalized spacial score (nSPS) is 30.8. The Morgan fingerprint density at radius 3 is 2.69 bits per heavy atom. The molecule has 94 valence electrons. The third-order valence-electron chi connectivity index (χ3n) is 4.19. The number of ether oxygens (including phenoxy) is 1. The van der Waals surface area contributed by atoms with Crippen LogP contribution in [0.25, 0.3) is 0 Å². The van der Waals surface area contributed by atoms with Crippen molar-refractivity contribution in [3.05, 3.63) is 0 Å². The zero-order valence-electron chi connectivity index (χ0n) is 10.5. The molecule has 0 aliphatic carbocycles. The fraction of sp³-hybridized carbons (Fsp3) is 1.00. The van der Waals surface area contributed by atoms with Gasteiger partial charge in [0, 0.05) is 19.7 Å². The van der Waals surface area contributed by atoms with E-state index in [9.17, 15) is 5.11 Å². The number of piperidine rings is 1. The van der Waals surface area contributed by atoms with E-state index in [-0.39, 0.29) is 0 Å². The van der Waals surface area contributed by atoms with Crippen molar-refractivity contribution < 1.29 is 9.84 Å². The second-order valence-corrected chi connectivity index (χ2v) is 5.33. The average molecular weight is 227 g/mol. The molecule has 0 bridgehead atoms. The van der Waals surface area contributed by atoms with Crippen molar-refractivity contribution in [1.29, 1.82) is 0 Å². The van der Waals surface area contributed by atoms with Crippen molar-refractivity contribution in [1.82, 2.24) is 4.90 Å². The molecular weight excluding hydrogens is 202 g/mol. The van der Waals surface area contributed by atoms with Crippen molar-refractivity contribution >= 4 is 0 Å². The van der Waals surface area contributed by atoms with Gasteiger partial charge >= 0.3 is 0 Å². The smallest absolute Gasteiger partial charge is 0.0673 e. The van der Waals surface area contributed by atoms with Gasteiger partial charge in [0.1, 0.15) is 0 Å². The Morgan fingerprint density at radius 1 is 1.38 bits per heavy atom. The Morgan fingerprint density at radius 2 is 2.12 bits per heavy atom. The fourth-order valence-electron chi connectivity index (χ4n) is 2.84. The van der Waals surface area contributed by atoms with Crippen LogP contribution in [-0.4, -0.2) is 48.0 Å². The van der Waals surface area contributed by atoms with Crippen LogP contribution in [0.15, 0.2) is 0 Å². The SMILES string of the molecule is CCN1CCC(O)(CCC2CCCO2)CC1. The monoisotopic (exact) mass is 227 g/mol. The van der Waals surface area contributed by atoms with Gasteiger partial charge in [-0.15, -0.1) is 0 Å². The summed E-state index contributed by atoms with van der Waals surface area (Å²) in [5.74, 6) is 0. The summed E-state index contributed by atoms with van der Waals surface area (Å²) in [5, 5.41) is 10.5. The van der Waals surface area contributed by atoms with Crippen molar-refractivity contribution in [3.63, 3.8) is 0 Å². The van der Waals surface area contributed by atoms with Crippen LogP contribution in [0, 0.1) is 0 Å². The van der Waals surface area contributed by atoms with Crippen molar-refractivity contribution in [2.75, 3.05) is 26.2 Å². The Labute approximate surface area is 98.8 Å². The lowest BCUT2D eigenvalue weighted by molar-refractivity contribution is -0.0372. The van der Waals surface area contributed by atoms with E-state index in [2.05, 4.69) is 11.8 Å². The molecule has 2 fully saturated rings. The molecule has 0 spiro atoms. The minimum Gasteiger partial charge on any atom is -0.390 e. The van der Waals surface area contributed by atoms with Gasteiger partial charge in [-0.05, 0) is 45.1 Å². The Balaban J connectivity index is 1.71. The molecule has 0 aromatic heterocycles. The quantitative estimate of drug-likeness (QED) is 0.795. The van der Waals surface area contributed by atoms with Gasteiger partial charge in [0.15, 0.2) is 0 Å². The van der Waals surface area contributed by atoms with Gasteiger partial charge in [0.25, 0.3) is 0 Å². The van der Waals surface area contributed by atoms with Crippen LogP contribution >= 0.6 is 0 Å². The lowest BCUT2D eigenvalue weighted by Gasteiger charge is -2.38. The van der Waals surface area contributed by atoms with E-state index >= 15 is 0 Å². The highest BCUT2D eigenvalue weighted by atomic mass is 16.5. The maximum atomic E-state index is 10.5. The summed E-state index contributed by atoms with van der Waals surface area (Å²) in [6.45, 7) is 6.34. The number of nitrogens with zero attached hydrogens (tertiary/aromatic N) is 1. The molecule has 2 saturated heterocycles. The lowest BCUT2D eigenvalue weighted by Crippen LogP contribution is -2.44. The van der Waals surface area contributed by atoms with E-state index < -0.39 is 5.60 Å². The maximum absolute atomic E-state index is 10.5. The van der Waals surface area contributed by atoms with E-state index in [4.69, 9.17) is 4.74 Å². The lowest BCUT2D eigenvalue weighted by atomic mass is 9.86. The highest BCUT2D eigenvalue weighted by molar-refractivity contribution is 4.86. The molecule has 0 aromatic rings. The van der Waals surface area contributed by atoms with Gasteiger partial charge in [-0.25, -0.2) is 0 Å². The highest BCUT2D eigenvalue weighted by Crippen LogP contribution is 2.29. The highest BCUT2D eigenvalue weighted by Gasteiger charge is 2.32. The third-order valence-corrected chi connectivity index (χ3v) is 4.19. The first-order valence-electron chi connectivity index (χ1n) is 6.78. The molecule has 1 atom stereocenters. The molecular formula is C13H25NO2.